The second-order valence-corrected chi connectivity index (χ2v) is 8.81. The predicted molar refractivity (Wildman–Crippen MR) is 101 cm³/mol. The van der Waals surface area contributed by atoms with Crippen molar-refractivity contribution in [1.29, 1.82) is 0 Å². The van der Waals surface area contributed by atoms with Crippen LogP contribution in [0.25, 0.3) is 0 Å². The van der Waals surface area contributed by atoms with Gasteiger partial charge in [0.1, 0.15) is 10.9 Å². The molecule has 1 aromatic carbocycles. The summed E-state index contributed by atoms with van der Waals surface area (Å²) < 4.78 is 33.8. The lowest BCUT2D eigenvalue weighted by Crippen LogP contribution is -2.49. The summed E-state index contributed by atoms with van der Waals surface area (Å²) in [6.07, 6.45) is 2.96. The van der Waals surface area contributed by atoms with Gasteiger partial charge in [0, 0.05) is 25.1 Å². The second-order valence-electron chi connectivity index (χ2n) is 7.24. The molecule has 0 bridgehead atoms. The van der Waals surface area contributed by atoms with Crippen molar-refractivity contribution >= 4 is 33.6 Å². The number of nitrogens with zero attached hydrogens (tertiary/aromatic N) is 3. The summed E-state index contributed by atoms with van der Waals surface area (Å²) in [6, 6.07) is 5.77. The number of sulfonamides is 1. The number of imide groups is 1. The van der Waals surface area contributed by atoms with E-state index in [1.165, 1.54) is 6.07 Å². The third-order valence-corrected chi connectivity index (χ3v) is 6.70. The highest BCUT2D eigenvalue weighted by Crippen LogP contribution is 2.31. The Morgan fingerprint density at radius 1 is 1.14 bits per heavy atom. The lowest BCUT2D eigenvalue weighted by Gasteiger charge is -2.35. The Kier molecular flexibility index (Phi) is 5.12. The van der Waals surface area contributed by atoms with Gasteiger partial charge in [0.05, 0.1) is 0 Å². The lowest BCUT2D eigenvalue weighted by atomic mass is 10.0. The fraction of sp³-hybridized carbons (Fsp3) is 0.474. The third kappa shape index (κ3) is 3.64. The van der Waals surface area contributed by atoms with Crippen molar-refractivity contribution in [3.63, 3.8) is 0 Å². The highest BCUT2D eigenvalue weighted by Gasteiger charge is 2.39. The minimum Gasteiger partial charge on any atom is -0.454 e. The Morgan fingerprint density at radius 3 is 2.69 bits per heavy atom. The normalized spacial score (nSPS) is 23.0. The van der Waals surface area contributed by atoms with E-state index in [9.17, 15) is 22.8 Å². The van der Waals surface area contributed by atoms with Crippen LogP contribution in [0, 0.1) is 0 Å². The van der Waals surface area contributed by atoms with Crippen molar-refractivity contribution in [2.45, 2.75) is 43.0 Å². The molecule has 3 heterocycles. The number of hydrogen-bond acceptors (Lipinski definition) is 7. The lowest BCUT2D eigenvalue weighted by molar-refractivity contribution is -0.158. The SMILES string of the molecule is O=C(OCC(=O)N1CCCC1=O)[C@H]1CCCCN1C1=NS(=O)(=O)c2ccccc21. The number of amides is 2. The Bertz CT molecular complexity index is 1000. The molecule has 0 aliphatic carbocycles. The molecule has 10 heteroatoms. The van der Waals surface area contributed by atoms with Crippen LogP contribution in [0.2, 0.25) is 0 Å². The third-order valence-electron chi connectivity index (χ3n) is 5.37. The molecule has 2 fully saturated rings. The zero-order valence-electron chi connectivity index (χ0n) is 15.7. The molecule has 1 atom stereocenters. The number of fused-ring (bicyclic) bond motifs is 1. The molecular formula is C19H21N3O6S. The molecule has 9 nitrogen and oxygen atoms in total. The van der Waals surface area contributed by atoms with E-state index in [-0.39, 0.29) is 16.6 Å². The molecule has 4 rings (SSSR count). The van der Waals surface area contributed by atoms with Crippen molar-refractivity contribution in [2.75, 3.05) is 19.7 Å². The first kappa shape index (κ1) is 19.6. The highest BCUT2D eigenvalue weighted by molar-refractivity contribution is 7.90. The van der Waals surface area contributed by atoms with Gasteiger partial charge in [-0.05, 0) is 37.8 Å². The summed E-state index contributed by atoms with van der Waals surface area (Å²) in [5, 5.41) is 0. The van der Waals surface area contributed by atoms with E-state index in [4.69, 9.17) is 4.74 Å². The quantitative estimate of drug-likeness (QED) is 0.662. The zero-order valence-corrected chi connectivity index (χ0v) is 16.6. The van der Waals surface area contributed by atoms with Crippen molar-refractivity contribution in [3.8, 4) is 0 Å². The number of esters is 1. The molecule has 0 aromatic heterocycles. The van der Waals surface area contributed by atoms with Crippen molar-refractivity contribution in [3.05, 3.63) is 29.8 Å². The van der Waals surface area contributed by atoms with E-state index in [0.717, 1.165) is 17.7 Å². The number of carbonyl (C=O) groups is 3. The highest BCUT2D eigenvalue weighted by atomic mass is 32.2. The smallest absolute Gasteiger partial charge is 0.329 e. The van der Waals surface area contributed by atoms with E-state index in [2.05, 4.69) is 4.40 Å². The van der Waals surface area contributed by atoms with Gasteiger partial charge in [0.15, 0.2) is 12.4 Å². The molecule has 29 heavy (non-hydrogen) atoms. The number of ether oxygens (including phenoxy) is 1. The van der Waals surface area contributed by atoms with Crippen molar-refractivity contribution in [1.82, 2.24) is 9.80 Å². The van der Waals surface area contributed by atoms with Crippen LogP contribution in [-0.4, -0.2) is 67.6 Å². The minimum absolute atomic E-state index is 0.121. The number of benzene rings is 1. The van der Waals surface area contributed by atoms with Crippen molar-refractivity contribution < 1.29 is 27.5 Å². The maximum atomic E-state index is 12.7. The molecule has 0 spiro atoms. The standard InChI is InChI=1S/C19H21N3O6S/c23-16-9-5-11-22(16)17(24)12-28-19(25)14-7-3-4-10-21(14)18-13-6-1-2-8-15(13)29(26,27)20-18/h1-2,6,8,14H,3-5,7,9-12H2/t14-/m1/s1. The van der Waals surface area contributed by atoms with E-state index in [0.29, 0.717) is 37.9 Å². The molecule has 154 valence electrons. The molecule has 2 amide bonds. The molecule has 1 aromatic rings. The number of rotatable bonds is 3. The minimum atomic E-state index is -3.80. The summed E-state index contributed by atoms with van der Waals surface area (Å²) in [6.45, 7) is 0.299. The fourth-order valence-electron chi connectivity index (χ4n) is 3.94. The van der Waals surface area contributed by atoms with E-state index in [1.807, 2.05) is 0 Å². The number of likely N-dealkylation sites (tertiary alicyclic amines) is 2. The summed E-state index contributed by atoms with van der Waals surface area (Å²) in [5.74, 6) is -1.17. The van der Waals surface area contributed by atoms with E-state index in [1.54, 1.807) is 23.1 Å². The first-order valence-corrected chi connectivity index (χ1v) is 11.0. The number of piperidine rings is 1. The second kappa shape index (κ2) is 7.58. The average Bonchev–Trinajstić information content (AvgIpc) is 3.27. The number of amidine groups is 1. The van der Waals surface area contributed by atoms with Gasteiger partial charge in [0.2, 0.25) is 5.91 Å². The van der Waals surface area contributed by atoms with Crippen LogP contribution in [0.5, 0.6) is 0 Å². The molecule has 0 unspecified atom stereocenters. The molecule has 3 aliphatic rings. The molecule has 0 radical (unpaired) electrons. The van der Waals surface area contributed by atoms with Gasteiger partial charge in [0.25, 0.3) is 15.9 Å². The maximum Gasteiger partial charge on any atom is 0.329 e. The van der Waals surface area contributed by atoms with Crippen LogP contribution in [-0.2, 0) is 29.1 Å². The van der Waals surface area contributed by atoms with Gasteiger partial charge in [-0.25, -0.2) is 4.79 Å². The van der Waals surface area contributed by atoms with Crippen LogP contribution in [0.3, 0.4) is 0 Å². The summed E-state index contributed by atoms with van der Waals surface area (Å²) in [7, 11) is -3.80. The Hall–Kier alpha value is -2.75. The summed E-state index contributed by atoms with van der Waals surface area (Å²) in [4.78, 5) is 39.4. The zero-order chi connectivity index (χ0) is 20.6. The molecule has 0 saturated carbocycles. The van der Waals surface area contributed by atoms with Gasteiger partial charge in [-0.2, -0.15) is 8.42 Å². The Morgan fingerprint density at radius 2 is 1.93 bits per heavy atom. The molecule has 3 aliphatic heterocycles. The van der Waals surface area contributed by atoms with Crippen LogP contribution < -0.4 is 0 Å². The largest absolute Gasteiger partial charge is 0.454 e. The molecule has 2 saturated heterocycles. The summed E-state index contributed by atoms with van der Waals surface area (Å²) >= 11 is 0. The van der Waals surface area contributed by atoms with Gasteiger partial charge in [-0.1, -0.05) is 12.1 Å². The van der Waals surface area contributed by atoms with Crippen LogP contribution in [0.15, 0.2) is 33.6 Å². The number of carbonyl (C=O) groups excluding carboxylic acids is 3. The maximum absolute atomic E-state index is 12.7. The van der Waals surface area contributed by atoms with Gasteiger partial charge < -0.3 is 9.64 Å². The van der Waals surface area contributed by atoms with Crippen molar-refractivity contribution in [2.24, 2.45) is 4.40 Å². The van der Waals surface area contributed by atoms with E-state index < -0.39 is 34.5 Å². The van der Waals surface area contributed by atoms with Crippen LogP contribution in [0.1, 0.15) is 37.7 Å². The van der Waals surface area contributed by atoms with Crippen LogP contribution >= 0.6 is 0 Å². The predicted octanol–water partition coefficient (Wildman–Crippen LogP) is 0.682. The topological polar surface area (TPSA) is 113 Å². The Balaban J connectivity index is 1.50. The summed E-state index contributed by atoms with van der Waals surface area (Å²) in [5.41, 5.74) is 0.464. The monoisotopic (exact) mass is 419 g/mol. The Labute approximate surface area is 168 Å². The average molecular weight is 419 g/mol. The van der Waals surface area contributed by atoms with Gasteiger partial charge in [-0.3, -0.25) is 14.5 Å². The molecular weight excluding hydrogens is 398 g/mol. The fourth-order valence-corrected chi connectivity index (χ4v) is 5.16. The van der Waals surface area contributed by atoms with Crippen LogP contribution in [0.4, 0.5) is 0 Å². The van der Waals surface area contributed by atoms with E-state index >= 15 is 0 Å². The number of hydrogen-bond donors (Lipinski definition) is 0. The van der Waals surface area contributed by atoms with Gasteiger partial charge in [-0.15, -0.1) is 4.40 Å². The molecule has 0 N–H and O–H groups in total. The van der Waals surface area contributed by atoms with Gasteiger partial charge >= 0.3 is 5.97 Å². The first-order valence-electron chi connectivity index (χ1n) is 9.59. The first-order chi connectivity index (χ1) is 13.9.